The molecule has 4 nitrogen and oxygen atoms in total. The van der Waals surface area contributed by atoms with Crippen LogP contribution in [-0.4, -0.2) is 26.5 Å². The van der Waals surface area contributed by atoms with Crippen LogP contribution < -0.4 is 14.8 Å². The molecule has 1 N–H and O–H groups in total. The Kier molecular flexibility index (Phi) is 4.66. The lowest BCUT2D eigenvalue weighted by Gasteiger charge is -2.22. The Hall–Kier alpha value is -1.71. The molecule has 1 aromatic carbocycles. The molecule has 2 rings (SSSR count). The fourth-order valence-electron chi connectivity index (χ4n) is 2.41. The predicted octanol–water partition coefficient (Wildman–Crippen LogP) is 2.88. The molecule has 1 fully saturated rings. The van der Waals surface area contributed by atoms with Gasteiger partial charge in [-0.1, -0.05) is 0 Å². The molecule has 4 heteroatoms. The highest BCUT2D eigenvalue weighted by Gasteiger charge is 2.18. The molecular formula is C15H21NO3. The summed E-state index contributed by atoms with van der Waals surface area (Å²) >= 11 is 0. The molecule has 1 saturated carbocycles. The molecule has 0 spiro atoms. The Bertz CT molecular complexity index is 435. The minimum absolute atomic E-state index is 0.398. The summed E-state index contributed by atoms with van der Waals surface area (Å²) in [7, 11) is 3.31. The Labute approximate surface area is 114 Å². The van der Waals surface area contributed by atoms with Gasteiger partial charge in [-0.15, -0.1) is 0 Å². The van der Waals surface area contributed by atoms with Gasteiger partial charge in [0, 0.05) is 25.5 Å². The van der Waals surface area contributed by atoms with Gasteiger partial charge in [0.1, 0.15) is 17.3 Å². The lowest BCUT2D eigenvalue weighted by molar-refractivity contribution is -0.120. The molecule has 0 amide bonds. The quantitative estimate of drug-likeness (QED) is 0.887. The third-order valence-electron chi connectivity index (χ3n) is 3.65. The van der Waals surface area contributed by atoms with Crippen molar-refractivity contribution in [2.45, 2.75) is 25.7 Å². The molecule has 0 saturated heterocycles. The molecular weight excluding hydrogens is 242 g/mol. The van der Waals surface area contributed by atoms with Gasteiger partial charge in [-0.2, -0.15) is 0 Å². The lowest BCUT2D eigenvalue weighted by Crippen LogP contribution is -2.21. The second-order valence-corrected chi connectivity index (χ2v) is 4.93. The molecule has 104 valence electrons. The first kappa shape index (κ1) is 13.7. The van der Waals surface area contributed by atoms with E-state index in [9.17, 15) is 4.79 Å². The summed E-state index contributed by atoms with van der Waals surface area (Å²) in [6.45, 7) is 0.872. The number of rotatable bonds is 5. The topological polar surface area (TPSA) is 47.6 Å². The number of hydrogen-bond donors (Lipinski definition) is 1. The van der Waals surface area contributed by atoms with Gasteiger partial charge in [0.05, 0.1) is 19.9 Å². The number of methoxy groups -OCH3 is 2. The molecule has 0 atom stereocenters. The average Bonchev–Trinajstić information content (AvgIpc) is 2.46. The van der Waals surface area contributed by atoms with E-state index in [0.29, 0.717) is 11.7 Å². The zero-order valence-electron chi connectivity index (χ0n) is 11.6. The molecule has 19 heavy (non-hydrogen) atoms. The monoisotopic (exact) mass is 263 g/mol. The first-order chi connectivity index (χ1) is 9.22. The maximum Gasteiger partial charge on any atom is 0.142 e. The van der Waals surface area contributed by atoms with E-state index in [0.717, 1.165) is 49.4 Å². The van der Waals surface area contributed by atoms with Crippen LogP contribution in [0.25, 0.3) is 0 Å². The van der Waals surface area contributed by atoms with Crippen LogP contribution in [0.3, 0.4) is 0 Å². The molecule has 1 aromatic rings. The van der Waals surface area contributed by atoms with Crippen molar-refractivity contribution in [3.05, 3.63) is 18.2 Å². The summed E-state index contributed by atoms with van der Waals surface area (Å²) in [6.07, 6.45) is 3.42. The minimum atomic E-state index is 0.398. The lowest BCUT2D eigenvalue weighted by atomic mass is 9.88. The Morgan fingerprint density at radius 1 is 1.21 bits per heavy atom. The van der Waals surface area contributed by atoms with Gasteiger partial charge in [-0.05, 0) is 30.9 Å². The highest BCUT2D eigenvalue weighted by molar-refractivity contribution is 5.79. The average molecular weight is 263 g/mol. The fourth-order valence-corrected chi connectivity index (χ4v) is 2.41. The largest absolute Gasteiger partial charge is 0.497 e. The second kappa shape index (κ2) is 6.45. The smallest absolute Gasteiger partial charge is 0.142 e. The van der Waals surface area contributed by atoms with Crippen LogP contribution in [0.2, 0.25) is 0 Å². The molecule has 0 aromatic heterocycles. The van der Waals surface area contributed by atoms with Crippen molar-refractivity contribution < 1.29 is 14.3 Å². The van der Waals surface area contributed by atoms with Gasteiger partial charge in [0.2, 0.25) is 0 Å². The third-order valence-corrected chi connectivity index (χ3v) is 3.65. The standard InChI is InChI=1S/C15H21NO3/c1-18-13-7-8-15(19-2)14(9-13)16-10-11-3-5-12(17)6-4-11/h7-9,11,16H,3-6,10H2,1-2H3. The van der Waals surface area contributed by atoms with Gasteiger partial charge in [0.25, 0.3) is 0 Å². The summed E-state index contributed by atoms with van der Waals surface area (Å²) in [5, 5.41) is 3.41. The van der Waals surface area contributed by atoms with Crippen molar-refractivity contribution in [2.24, 2.45) is 5.92 Å². The number of ketones is 1. The van der Waals surface area contributed by atoms with E-state index in [4.69, 9.17) is 9.47 Å². The minimum Gasteiger partial charge on any atom is -0.497 e. The number of carbonyl (C=O) groups excluding carboxylic acids is 1. The Morgan fingerprint density at radius 2 is 1.95 bits per heavy atom. The second-order valence-electron chi connectivity index (χ2n) is 4.93. The number of ether oxygens (including phenoxy) is 2. The summed E-state index contributed by atoms with van der Waals surface area (Å²) in [4.78, 5) is 11.2. The van der Waals surface area contributed by atoms with Gasteiger partial charge in [-0.3, -0.25) is 4.79 Å². The maximum atomic E-state index is 11.2. The Morgan fingerprint density at radius 3 is 2.58 bits per heavy atom. The molecule has 0 radical (unpaired) electrons. The number of anilines is 1. The number of carbonyl (C=O) groups is 1. The van der Waals surface area contributed by atoms with Crippen molar-refractivity contribution in [3.63, 3.8) is 0 Å². The normalized spacial score (nSPS) is 16.2. The molecule has 0 bridgehead atoms. The van der Waals surface area contributed by atoms with E-state index in [2.05, 4.69) is 5.32 Å². The fraction of sp³-hybridized carbons (Fsp3) is 0.533. The van der Waals surface area contributed by atoms with E-state index in [1.54, 1.807) is 14.2 Å². The molecule has 1 aliphatic carbocycles. The SMILES string of the molecule is COc1ccc(OC)c(NCC2CCC(=O)CC2)c1. The van der Waals surface area contributed by atoms with Crippen LogP contribution in [0, 0.1) is 5.92 Å². The van der Waals surface area contributed by atoms with Crippen molar-refractivity contribution in [2.75, 3.05) is 26.1 Å². The van der Waals surface area contributed by atoms with Gasteiger partial charge < -0.3 is 14.8 Å². The number of hydrogen-bond acceptors (Lipinski definition) is 4. The van der Waals surface area contributed by atoms with Crippen molar-refractivity contribution in [1.82, 2.24) is 0 Å². The van der Waals surface area contributed by atoms with Crippen LogP contribution in [0.5, 0.6) is 11.5 Å². The number of benzene rings is 1. The van der Waals surface area contributed by atoms with E-state index < -0.39 is 0 Å². The third kappa shape index (κ3) is 3.63. The first-order valence-electron chi connectivity index (χ1n) is 6.70. The highest BCUT2D eigenvalue weighted by atomic mass is 16.5. The van der Waals surface area contributed by atoms with Crippen LogP contribution >= 0.6 is 0 Å². The summed E-state index contributed by atoms with van der Waals surface area (Å²) in [5.74, 6) is 2.58. The van der Waals surface area contributed by atoms with Crippen molar-refractivity contribution >= 4 is 11.5 Å². The summed E-state index contributed by atoms with van der Waals surface area (Å²) in [5.41, 5.74) is 0.943. The molecule has 0 aliphatic heterocycles. The Balaban J connectivity index is 1.96. The van der Waals surface area contributed by atoms with Crippen molar-refractivity contribution in [1.29, 1.82) is 0 Å². The zero-order valence-corrected chi connectivity index (χ0v) is 11.6. The maximum absolute atomic E-state index is 11.2. The molecule has 0 unspecified atom stereocenters. The van der Waals surface area contributed by atoms with Gasteiger partial charge >= 0.3 is 0 Å². The summed E-state index contributed by atoms with van der Waals surface area (Å²) in [6, 6.07) is 5.71. The van der Waals surface area contributed by atoms with Crippen LogP contribution in [0.1, 0.15) is 25.7 Å². The number of nitrogens with one attached hydrogen (secondary N) is 1. The predicted molar refractivity (Wildman–Crippen MR) is 75.0 cm³/mol. The van der Waals surface area contributed by atoms with E-state index in [1.807, 2.05) is 18.2 Å². The van der Waals surface area contributed by atoms with Crippen LogP contribution in [0.15, 0.2) is 18.2 Å². The van der Waals surface area contributed by atoms with E-state index >= 15 is 0 Å². The zero-order chi connectivity index (χ0) is 13.7. The molecule has 1 aliphatic rings. The van der Waals surface area contributed by atoms with Crippen molar-refractivity contribution in [3.8, 4) is 11.5 Å². The first-order valence-corrected chi connectivity index (χ1v) is 6.70. The molecule has 0 heterocycles. The summed E-state index contributed by atoms with van der Waals surface area (Å²) < 4.78 is 10.5. The van der Waals surface area contributed by atoms with E-state index in [-0.39, 0.29) is 0 Å². The van der Waals surface area contributed by atoms with Crippen LogP contribution in [0.4, 0.5) is 5.69 Å². The van der Waals surface area contributed by atoms with Crippen LogP contribution in [-0.2, 0) is 4.79 Å². The highest BCUT2D eigenvalue weighted by Crippen LogP contribution is 2.30. The number of Topliss-reactive ketones (excluding diaryl/α,β-unsaturated/α-hetero) is 1. The van der Waals surface area contributed by atoms with Gasteiger partial charge in [0.15, 0.2) is 0 Å². The van der Waals surface area contributed by atoms with E-state index in [1.165, 1.54) is 0 Å². The van der Waals surface area contributed by atoms with Gasteiger partial charge in [-0.25, -0.2) is 0 Å².